The number of amides is 2. The van der Waals surface area contributed by atoms with Crippen molar-refractivity contribution in [3.05, 3.63) is 59.7 Å². The average molecular weight is 426 g/mol. The molecular formula is C21H18N2O6S. The van der Waals surface area contributed by atoms with Crippen LogP contribution in [0.25, 0.3) is 0 Å². The Kier molecular flexibility index (Phi) is 6.63. The summed E-state index contributed by atoms with van der Waals surface area (Å²) in [5.74, 6) is -1.38. The smallest absolute Gasteiger partial charge is 0.308 e. The number of carbonyl (C=O) groups is 4. The maximum atomic E-state index is 13.0. The minimum absolute atomic E-state index is 0.0976. The highest BCUT2D eigenvalue weighted by Gasteiger charge is 2.30. The summed E-state index contributed by atoms with van der Waals surface area (Å²) < 4.78 is 10.2. The van der Waals surface area contributed by atoms with E-state index in [1.54, 1.807) is 30.3 Å². The number of ether oxygens (including phenoxy) is 2. The molecular weight excluding hydrogens is 408 g/mol. The molecule has 0 saturated carbocycles. The monoisotopic (exact) mass is 426 g/mol. The molecule has 0 N–H and O–H groups in total. The second-order valence-corrected chi connectivity index (χ2v) is 7.25. The average Bonchev–Trinajstić information content (AvgIpc) is 3.15. The first kappa shape index (κ1) is 21.3. The maximum Gasteiger partial charge on any atom is 0.308 e. The van der Waals surface area contributed by atoms with Crippen LogP contribution in [0, 0.1) is 0 Å². The van der Waals surface area contributed by atoms with E-state index in [0.717, 1.165) is 0 Å². The first-order valence-electron chi connectivity index (χ1n) is 8.99. The van der Waals surface area contributed by atoms with Crippen molar-refractivity contribution in [3.63, 3.8) is 0 Å². The molecule has 1 heterocycles. The Bertz CT molecular complexity index is 1050. The minimum Gasteiger partial charge on any atom is -0.426 e. The van der Waals surface area contributed by atoms with Gasteiger partial charge in [-0.1, -0.05) is 36.0 Å². The molecule has 1 saturated heterocycles. The van der Waals surface area contributed by atoms with E-state index in [0.29, 0.717) is 12.3 Å². The van der Waals surface area contributed by atoms with Crippen LogP contribution in [0.2, 0.25) is 0 Å². The van der Waals surface area contributed by atoms with Gasteiger partial charge < -0.3 is 9.47 Å². The second-order valence-electron chi connectivity index (χ2n) is 6.18. The van der Waals surface area contributed by atoms with Crippen LogP contribution in [-0.4, -0.2) is 46.1 Å². The lowest BCUT2D eigenvalue weighted by Gasteiger charge is -2.17. The van der Waals surface area contributed by atoms with Crippen molar-refractivity contribution in [2.24, 2.45) is 4.99 Å². The summed E-state index contributed by atoms with van der Waals surface area (Å²) >= 11 is 1.25. The Hall–Kier alpha value is -3.46. The van der Waals surface area contributed by atoms with Gasteiger partial charge in [-0.25, -0.2) is 0 Å². The van der Waals surface area contributed by atoms with Gasteiger partial charge in [0.05, 0.1) is 11.1 Å². The molecule has 0 atom stereocenters. The number of hydrogen-bond donors (Lipinski definition) is 0. The van der Waals surface area contributed by atoms with E-state index in [1.807, 2.05) is 0 Å². The number of nitrogens with zero attached hydrogens (tertiary/aromatic N) is 2. The van der Waals surface area contributed by atoms with Crippen molar-refractivity contribution in [2.45, 2.75) is 13.8 Å². The number of amidine groups is 1. The summed E-state index contributed by atoms with van der Waals surface area (Å²) in [7, 11) is 0. The van der Waals surface area contributed by atoms with Gasteiger partial charge in [-0.05, 0) is 24.3 Å². The summed E-state index contributed by atoms with van der Waals surface area (Å²) in [5.41, 5.74) is 0.302. The summed E-state index contributed by atoms with van der Waals surface area (Å²) in [6.45, 7) is 2.83. The number of hydrogen-bond acceptors (Lipinski definition) is 7. The topological polar surface area (TPSA) is 102 Å². The minimum atomic E-state index is -0.637. The molecule has 0 radical (unpaired) electrons. The molecule has 1 aliphatic heterocycles. The van der Waals surface area contributed by atoms with Crippen LogP contribution in [0.3, 0.4) is 0 Å². The highest BCUT2D eigenvalue weighted by molar-refractivity contribution is 8.14. The van der Waals surface area contributed by atoms with Crippen molar-refractivity contribution >= 4 is 40.7 Å². The number of aliphatic imine (C=N–C) groups is 1. The molecule has 0 aromatic heterocycles. The van der Waals surface area contributed by atoms with Gasteiger partial charge in [-0.15, -0.1) is 0 Å². The van der Waals surface area contributed by atoms with Crippen molar-refractivity contribution in [3.8, 4) is 11.5 Å². The van der Waals surface area contributed by atoms with Gasteiger partial charge in [0.1, 0.15) is 11.5 Å². The van der Waals surface area contributed by atoms with Gasteiger partial charge in [0.2, 0.25) is 0 Å². The quantitative estimate of drug-likeness (QED) is 0.547. The lowest BCUT2D eigenvalue weighted by Crippen LogP contribution is -2.32. The predicted octanol–water partition coefficient (Wildman–Crippen LogP) is 2.92. The number of rotatable bonds is 4. The zero-order chi connectivity index (χ0) is 21.7. The Labute approximate surface area is 176 Å². The largest absolute Gasteiger partial charge is 0.426 e. The number of para-hydroxylation sites is 2. The standard InChI is InChI=1S/C21H18N2O6S/c1-13(24)28-17-9-5-3-7-15(17)19(26)22-21-23(11-12-30-21)20(27)16-8-4-6-10-18(16)29-14(2)25/h3-10H,11-12H2,1-2H3/b22-21-. The van der Waals surface area contributed by atoms with Crippen LogP contribution in [0.5, 0.6) is 11.5 Å². The van der Waals surface area contributed by atoms with Gasteiger partial charge >= 0.3 is 11.9 Å². The summed E-state index contributed by atoms with van der Waals surface area (Å²) in [4.78, 5) is 53.8. The Balaban J connectivity index is 1.89. The fraction of sp³-hybridized carbons (Fsp3) is 0.190. The van der Waals surface area contributed by atoms with Gasteiger partial charge in [0.25, 0.3) is 11.8 Å². The highest BCUT2D eigenvalue weighted by Crippen LogP contribution is 2.27. The zero-order valence-corrected chi connectivity index (χ0v) is 17.1. The number of thioether (sulfide) groups is 1. The first-order valence-corrected chi connectivity index (χ1v) is 9.98. The molecule has 0 unspecified atom stereocenters. The molecule has 1 aliphatic rings. The predicted molar refractivity (Wildman–Crippen MR) is 111 cm³/mol. The summed E-state index contributed by atoms with van der Waals surface area (Å²) in [6.07, 6.45) is 0. The van der Waals surface area contributed by atoms with Crippen LogP contribution in [-0.2, 0) is 9.59 Å². The number of carbonyl (C=O) groups excluding carboxylic acids is 4. The molecule has 0 bridgehead atoms. The maximum absolute atomic E-state index is 13.0. The van der Waals surface area contributed by atoms with Crippen molar-refractivity contribution in [2.75, 3.05) is 12.3 Å². The lowest BCUT2D eigenvalue weighted by atomic mass is 10.1. The van der Waals surface area contributed by atoms with E-state index in [4.69, 9.17) is 9.47 Å². The van der Waals surface area contributed by atoms with Crippen LogP contribution in [0.4, 0.5) is 0 Å². The van der Waals surface area contributed by atoms with Crippen molar-refractivity contribution in [1.29, 1.82) is 0 Å². The van der Waals surface area contributed by atoms with Gasteiger partial charge in [-0.3, -0.25) is 24.1 Å². The first-order chi connectivity index (χ1) is 14.4. The number of esters is 2. The third-order valence-corrected chi connectivity index (χ3v) is 4.92. The fourth-order valence-corrected chi connectivity index (χ4v) is 3.68. The molecule has 9 heteroatoms. The van der Waals surface area contributed by atoms with Crippen LogP contribution < -0.4 is 9.47 Å². The Morgan fingerprint density at radius 1 is 0.867 bits per heavy atom. The Morgan fingerprint density at radius 3 is 2.00 bits per heavy atom. The summed E-state index contributed by atoms with van der Waals surface area (Å²) in [6, 6.07) is 12.6. The Morgan fingerprint density at radius 2 is 1.40 bits per heavy atom. The molecule has 0 spiro atoms. The number of benzene rings is 2. The van der Waals surface area contributed by atoms with E-state index in [-0.39, 0.29) is 27.8 Å². The van der Waals surface area contributed by atoms with Crippen LogP contribution >= 0.6 is 11.8 Å². The fourth-order valence-electron chi connectivity index (χ4n) is 2.75. The van der Waals surface area contributed by atoms with Gasteiger partial charge in [0, 0.05) is 26.1 Å². The SMILES string of the molecule is CC(=O)Oc1ccccc1C(=O)/N=C1\SCCN1C(=O)c1ccccc1OC(C)=O. The molecule has 154 valence electrons. The highest BCUT2D eigenvalue weighted by atomic mass is 32.2. The molecule has 3 rings (SSSR count). The van der Waals surface area contributed by atoms with E-state index in [9.17, 15) is 19.2 Å². The van der Waals surface area contributed by atoms with E-state index < -0.39 is 23.8 Å². The molecule has 1 fully saturated rings. The van der Waals surface area contributed by atoms with Gasteiger partial charge in [-0.2, -0.15) is 4.99 Å². The van der Waals surface area contributed by atoms with Crippen molar-refractivity contribution < 1.29 is 28.7 Å². The van der Waals surface area contributed by atoms with Gasteiger partial charge in [0.15, 0.2) is 5.17 Å². The molecule has 2 aromatic carbocycles. The van der Waals surface area contributed by atoms with E-state index >= 15 is 0 Å². The zero-order valence-electron chi connectivity index (χ0n) is 16.3. The molecule has 0 aliphatic carbocycles. The van der Waals surface area contributed by atoms with Crippen LogP contribution in [0.1, 0.15) is 34.6 Å². The van der Waals surface area contributed by atoms with Crippen LogP contribution in [0.15, 0.2) is 53.5 Å². The third-order valence-electron chi connectivity index (χ3n) is 3.96. The molecule has 2 amide bonds. The van der Waals surface area contributed by atoms with Crippen molar-refractivity contribution in [1.82, 2.24) is 4.90 Å². The second kappa shape index (κ2) is 9.36. The lowest BCUT2D eigenvalue weighted by molar-refractivity contribution is -0.132. The van der Waals surface area contributed by atoms with E-state index in [2.05, 4.69) is 4.99 Å². The molecule has 8 nitrogen and oxygen atoms in total. The third kappa shape index (κ3) is 4.93. The molecule has 30 heavy (non-hydrogen) atoms. The van der Waals surface area contributed by atoms with E-state index in [1.165, 1.54) is 48.7 Å². The normalized spacial score (nSPS) is 14.5. The summed E-state index contributed by atoms with van der Waals surface area (Å²) in [5, 5.41) is 0.222. The molecule has 2 aromatic rings.